The highest BCUT2D eigenvalue weighted by molar-refractivity contribution is 5.19. The average Bonchev–Trinajstić information content (AvgIpc) is 2.47. The number of hydrogen-bond donors (Lipinski definition) is 1. The van der Waals surface area contributed by atoms with Crippen LogP contribution in [0.5, 0.6) is 0 Å². The van der Waals surface area contributed by atoms with E-state index in [1.807, 2.05) is 0 Å². The molecule has 3 rings (SSSR count). The van der Waals surface area contributed by atoms with Crippen molar-refractivity contribution >= 4 is 0 Å². The molecular weight excluding hydrogens is 170 g/mol. The Hall–Kier alpha value is -0.820. The Balaban J connectivity index is 1.78. The highest BCUT2D eigenvalue weighted by atomic mass is 15.0. The summed E-state index contributed by atoms with van der Waals surface area (Å²) in [5, 5.41) is 3.55. The van der Waals surface area contributed by atoms with Gasteiger partial charge in [-0.25, -0.2) is 0 Å². The summed E-state index contributed by atoms with van der Waals surface area (Å²) in [6, 6.07) is 10.9. The van der Waals surface area contributed by atoms with Gasteiger partial charge in [-0.1, -0.05) is 30.3 Å². The quantitative estimate of drug-likeness (QED) is 0.748. The lowest BCUT2D eigenvalue weighted by Crippen LogP contribution is -2.41. The minimum Gasteiger partial charge on any atom is -0.316 e. The van der Waals surface area contributed by atoms with Crippen LogP contribution in [0.15, 0.2) is 30.3 Å². The first-order chi connectivity index (χ1) is 6.89. The van der Waals surface area contributed by atoms with Crippen LogP contribution >= 0.6 is 0 Å². The van der Waals surface area contributed by atoms with Crippen molar-refractivity contribution < 1.29 is 0 Å². The molecule has 1 heteroatoms. The molecule has 1 heterocycles. The van der Waals surface area contributed by atoms with Gasteiger partial charge in [0.25, 0.3) is 0 Å². The van der Waals surface area contributed by atoms with Gasteiger partial charge in [-0.2, -0.15) is 0 Å². The van der Waals surface area contributed by atoms with E-state index in [-0.39, 0.29) is 0 Å². The monoisotopic (exact) mass is 187 g/mol. The summed E-state index contributed by atoms with van der Waals surface area (Å²) >= 11 is 0. The summed E-state index contributed by atoms with van der Waals surface area (Å²) in [7, 11) is 0. The van der Waals surface area contributed by atoms with Crippen LogP contribution in [-0.2, 0) is 6.42 Å². The van der Waals surface area contributed by atoms with E-state index in [0.29, 0.717) is 5.41 Å². The highest BCUT2D eigenvalue weighted by Gasteiger charge is 2.49. The maximum absolute atomic E-state index is 3.55. The highest BCUT2D eigenvalue weighted by Crippen LogP contribution is 2.50. The van der Waals surface area contributed by atoms with E-state index in [1.54, 1.807) is 0 Å². The third kappa shape index (κ3) is 1.19. The molecule has 1 saturated heterocycles. The molecule has 0 amide bonds. The number of benzene rings is 1. The molecule has 0 radical (unpaired) electrons. The summed E-state index contributed by atoms with van der Waals surface area (Å²) in [5.41, 5.74) is 2.14. The van der Waals surface area contributed by atoms with E-state index < -0.39 is 0 Å². The van der Waals surface area contributed by atoms with Crippen LogP contribution in [0, 0.1) is 11.3 Å². The van der Waals surface area contributed by atoms with Crippen LogP contribution in [0.4, 0.5) is 0 Å². The van der Waals surface area contributed by atoms with Crippen molar-refractivity contribution in [3.8, 4) is 0 Å². The second-order valence-electron chi connectivity index (χ2n) is 4.89. The normalized spacial score (nSPS) is 35.0. The lowest BCUT2D eigenvalue weighted by molar-refractivity contribution is 0.0864. The van der Waals surface area contributed by atoms with Crippen molar-refractivity contribution in [1.29, 1.82) is 0 Å². The maximum Gasteiger partial charge on any atom is 0.00143 e. The molecule has 1 nitrogen and oxygen atoms in total. The SMILES string of the molecule is c1ccc(CC23CCC2CNC3)cc1. The van der Waals surface area contributed by atoms with Gasteiger partial charge in [0.05, 0.1) is 0 Å². The van der Waals surface area contributed by atoms with Gasteiger partial charge >= 0.3 is 0 Å². The van der Waals surface area contributed by atoms with Gasteiger partial charge in [-0.15, -0.1) is 0 Å². The molecule has 1 aliphatic heterocycles. The minimum absolute atomic E-state index is 0.626. The summed E-state index contributed by atoms with van der Waals surface area (Å²) < 4.78 is 0. The second-order valence-corrected chi connectivity index (χ2v) is 4.89. The summed E-state index contributed by atoms with van der Waals surface area (Å²) in [6.07, 6.45) is 4.16. The Kier molecular flexibility index (Phi) is 1.88. The van der Waals surface area contributed by atoms with Crippen LogP contribution in [0.2, 0.25) is 0 Å². The number of hydrogen-bond acceptors (Lipinski definition) is 1. The Morgan fingerprint density at radius 2 is 2.14 bits per heavy atom. The van der Waals surface area contributed by atoms with Crippen LogP contribution in [0.1, 0.15) is 18.4 Å². The fourth-order valence-electron chi connectivity index (χ4n) is 3.10. The van der Waals surface area contributed by atoms with Crippen LogP contribution in [-0.4, -0.2) is 13.1 Å². The van der Waals surface area contributed by atoms with Gasteiger partial charge in [-0.3, -0.25) is 0 Å². The standard InChI is InChI=1S/C13H17N/c1-2-4-11(5-3-1)8-13-7-6-12(13)9-14-10-13/h1-5,12,14H,6-10H2. The molecule has 1 saturated carbocycles. The average molecular weight is 187 g/mol. The topological polar surface area (TPSA) is 12.0 Å². The Labute approximate surface area is 85.5 Å². The molecule has 14 heavy (non-hydrogen) atoms. The first-order valence-corrected chi connectivity index (χ1v) is 5.64. The summed E-state index contributed by atoms with van der Waals surface area (Å²) in [5.74, 6) is 0.961. The Morgan fingerprint density at radius 1 is 1.29 bits per heavy atom. The maximum atomic E-state index is 3.55. The third-order valence-electron chi connectivity index (χ3n) is 4.12. The molecule has 1 N–H and O–H groups in total. The van der Waals surface area contributed by atoms with E-state index in [9.17, 15) is 0 Å². The van der Waals surface area contributed by atoms with Gasteiger partial charge in [-0.05, 0) is 42.7 Å². The smallest absolute Gasteiger partial charge is 0.00143 e. The van der Waals surface area contributed by atoms with Crippen molar-refractivity contribution in [3.63, 3.8) is 0 Å². The molecule has 1 aromatic rings. The molecule has 0 spiro atoms. The van der Waals surface area contributed by atoms with Gasteiger partial charge in [0, 0.05) is 6.54 Å². The fourth-order valence-corrected chi connectivity index (χ4v) is 3.10. The van der Waals surface area contributed by atoms with Crippen molar-refractivity contribution in [1.82, 2.24) is 5.32 Å². The zero-order chi connectivity index (χ0) is 9.43. The Morgan fingerprint density at radius 3 is 2.79 bits per heavy atom. The van der Waals surface area contributed by atoms with Crippen LogP contribution in [0.3, 0.4) is 0 Å². The van der Waals surface area contributed by atoms with E-state index in [1.165, 1.54) is 37.9 Å². The van der Waals surface area contributed by atoms with Crippen molar-refractivity contribution in [2.24, 2.45) is 11.3 Å². The Bertz CT molecular complexity index is 319. The fraction of sp³-hybridized carbons (Fsp3) is 0.538. The van der Waals surface area contributed by atoms with E-state index >= 15 is 0 Å². The van der Waals surface area contributed by atoms with Crippen LogP contribution < -0.4 is 5.32 Å². The van der Waals surface area contributed by atoms with Crippen molar-refractivity contribution in [3.05, 3.63) is 35.9 Å². The molecule has 1 aromatic carbocycles. The molecular formula is C13H17N. The van der Waals surface area contributed by atoms with E-state index in [4.69, 9.17) is 0 Å². The van der Waals surface area contributed by atoms with E-state index in [2.05, 4.69) is 35.6 Å². The third-order valence-corrected chi connectivity index (χ3v) is 4.12. The van der Waals surface area contributed by atoms with Gasteiger partial charge < -0.3 is 5.32 Å². The summed E-state index contributed by atoms with van der Waals surface area (Å²) in [6.45, 7) is 2.50. The molecule has 1 aliphatic carbocycles. The molecule has 2 aliphatic rings. The predicted octanol–water partition coefficient (Wildman–Crippen LogP) is 2.23. The number of nitrogens with one attached hydrogen (secondary N) is 1. The molecule has 2 atom stereocenters. The van der Waals surface area contributed by atoms with Crippen molar-refractivity contribution in [2.75, 3.05) is 13.1 Å². The lowest BCUT2D eigenvalue weighted by atomic mass is 9.59. The number of fused-ring (bicyclic) bond motifs is 1. The van der Waals surface area contributed by atoms with E-state index in [0.717, 1.165) is 5.92 Å². The lowest BCUT2D eigenvalue weighted by Gasteiger charge is -2.44. The summed E-state index contributed by atoms with van der Waals surface area (Å²) in [4.78, 5) is 0. The predicted molar refractivity (Wildman–Crippen MR) is 58.2 cm³/mol. The molecule has 2 unspecified atom stereocenters. The first-order valence-electron chi connectivity index (χ1n) is 5.64. The zero-order valence-electron chi connectivity index (χ0n) is 8.50. The number of rotatable bonds is 2. The van der Waals surface area contributed by atoms with Gasteiger partial charge in [0.1, 0.15) is 0 Å². The van der Waals surface area contributed by atoms with Crippen molar-refractivity contribution in [2.45, 2.75) is 19.3 Å². The minimum atomic E-state index is 0.626. The molecule has 2 fully saturated rings. The van der Waals surface area contributed by atoms with Crippen LogP contribution in [0.25, 0.3) is 0 Å². The second kappa shape index (κ2) is 3.09. The molecule has 74 valence electrons. The molecule has 0 aromatic heterocycles. The van der Waals surface area contributed by atoms with Gasteiger partial charge in [0.2, 0.25) is 0 Å². The van der Waals surface area contributed by atoms with Gasteiger partial charge in [0.15, 0.2) is 0 Å². The largest absolute Gasteiger partial charge is 0.316 e. The zero-order valence-corrected chi connectivity index (χ0v) is 8.50. The molecule has 0 bridgehead atoms. The first kappa shape index (κ1) is 8.49.